The summed E-state index contributed by atoms with van der Waals surface area (Å²) in [5, 5.41) is 7.98. The van der Waals surface area contributed by atoms with Crippen molar-refractivity contribution in [3.63, 3.8) is 0 Å². The van der Waals surface area contributed by atoms with Gasteiger partial charge in [-0.15, -0.1) is 11.3 Å². The number of nitrogens with zero attached hydrogens (tertiary/aromatic N) is 1. The Morgan fingerprint density at radius 2 is 1.81 bits per heavy atom. The van der Waals surface area contributed by atoms with Gasteiger partial charge in [0.05, 0.1) is 37.3 Å². The van der Waals surface area contributed by atoms with E-state index in [9.17, 15) is 14.0 Å². The second kappa shape index (κ2) is 14.9. The number of hydrogen-bond donors (Lipinski definition) is 2. The molecule has 36 heavy (non-hydrogen) atoms. The maximum absolute atomic E-state index is 14.1. The summed E-state index contributed by atoms with van der Waals surface area (Å²) in [5.41, 5.74) is 1.03. The summed E-state index contributed by atoms with van der Waals surface area (Å²) in [6, 6.07) is 9.36. The first kappa shape index (κ1) is 28.9. The topological polar surface area (TPSA) is 89.1 Å². The molecular formula is C26H34FN3O5S. The monoisotopic (exact) mass is 519 g/mol. The fourth-order valence-corrected chi connectivity index (χ4v) is 4.32. The normalized spacial score (nSPS) is 10.3. The van der Waals surface area contributed by atoms with E-state index in [2.05, 4.69) is 10.6 Å². The maximum atomic E-state index is 14.1. The molecule has 1 aromatic heterocycles. The molecule has 10 heteroatoms. The van der Waals surface area contributed by atoms with Gasteiger partial charge in [-0.2, -0.15) is 0 Å². The molecule has 0 unspecified atom stereocenters. The quantitative estimate of drug-likeness (QED) is 0.346. The van der Waals surface area contributed by atoms with E-state index in [1.807, 2.05) is 20.8 Å². The summed E-state index contributed by atoms with van der Waals surface area (Å²) in [7, 11) is 3.06. The van der Waals surface area contributed by atoms with Gasteiger partial charge in [0, 0.05) is 36.5 Å². The predicted octanol–water partition coefficient (Wildman–Crippen LogP) is 5.07. The number of methoxy groups -OCH3 is 2. The van der Waals surface area contributed by atoms with Gasteiger partial charge >= 0.3 is 6.03 Å². The number of carbonyl (C=O) groups is 2. The van der Waals surface area contributed by atoms with Gasteiger partial charge in [0.1, 0.15) is 5.82 Å². The first-order valence-electron chi connectivity index (χ1n) is 11.8. The summed E-state index contributed by atoms with van der Waals surface area (Å²) in [6.07, 6.45) is 0. The molecule has 0 saturated carbocycles. The Labute approximate surface area is 215 Å². The highest BCUT2D eigenvalue weighted by atomic mass is 32.1. The summed E-state index contributed by atoms with van der Waals surface area (Å²) in [6.45, 7) is 7.39. The second-order valence-corrected chi connectivity index (χ2v) is 8.05. The number of halogens is 1. The SMILES string of the molecule is CC.CCOc1ccc(C(=O)NCCNC(=O)N(CCOC)c2csc3c(F)cccc23)cc1OC. The van der Waals surface area contributed by atoms with Gasteiger partial charge in [-0.05, 0) is 31.2 Å². The highest BCUT2D eigenvalue weighted by Crippen LogP contribution is 2.34. The van der Waals surface area contributed by atoms with Crippen molar-refractivity contribution in [1.29, 1.82) is 0 Å². The smallest absolute Gasteiger partial charge is 0.322 e. The number of thiophene rings is 1. The average molecular weight is 520 g/mol. The second-order valence-electron chi connectivity index (χ2n) is 7.17. The van der Waals surface area contributed by atoms with Crippen molar-refractivity contribution in [3.05, 3.63) is 53.2 Å². The molecule has 1 heterocycles. The van der Waals surface area contributed by atoms with Crippen LogP contribution in [0, 0.1) is 5.82 Å². The van der Waals surface area contributed by atoms with E-state index in [0.29, 0.717) is 52.6 Å². The van der Waals surface area contributed by atoms with E-state index in [0.717, 1.165) is 0 Å². The maximum Gasteiger partial charge on any atom is 0.322 e. The number of amides is 3. The largest absolute Gasteiger partial charge is 0.493 e. The molecule has 3 amide bonds. The number of ether oxygens (including phenoxy) is 3. The zero-order chi connectivity index (χ0) is 26.5. The van der Waals surface area contributed by atoms with Gasteiger partial charge in [-0.25, -0.2) is 9.18 Å². The van der Waals surface area contributed by atoms with Crippen molar-refractivity contribution in [2.24, 2.45) is 0 Å². The van der Waals surface area contributed by atoms with Crippen LogP contribution in [0.25, 0.3) is 10.1 Å². The fraction of sp³-hybridized carbons (Fsp3) is 0.385. The number of benzene rings is 2. The van der Waals surface area contributed by atoms with Crippen molar-refractivity contribution in [2.45, 2.75) is 20.8 Å². The molecular weight excluding hydrogens is 485 g/mol. The molecule has 3 aromatic rings. The minimum atomic E-state index is -0.363. The van der Waals surface area contributed by atoms with E-state index < -0.39 is 0 Å². The molecule has 0 saturated heterocycles. The van der Waals surface area contributed by atoms with Gasteiger partial charge in [0.15, 0.2) is 11.5 Å². The van der Waals surface area contributed by atoms with Crippen molar-refractivity contribution in [1.82, 2.24) is 10.6 Å². The Morgan fingerprint density at radius 1 is 1.06 bits per heavy atom. The molecule has 3 rings (SSSR count). The fourth-order valence-electron chi connectivity index (χ4n) is 3.36. The van der Waals surface area contributed by atoms with Gasteiger partial charge < -0.3 is 24.8 Å². The highest BCUT2D eigenvalue weighted by molar-refractivity contribution is 7.17. The number of urea groups is 1. The highest BCUT2D eigenvalue weighted by Gasteiger charge is 2.20. The minimum Gasteiger partial charge on any atom is -0.493 e. The first-order chi connectivity index (χ1) is 17.5. The summed E-state index contributed by atoms with van der Waals surface area (Å²) < 4.78 is 30.5. The van der Waals surface area contributed by atoms with Crippen LogP contribution in [0.1, 0.15) is 31.1 Å². The third kappa shape index (κ3) is 7.32. The number of nitrogens with one attached hydrogen (secondary N) is 2. The van der Waals surface area contributed by atoms with Gasteiger partial charge in [0.25, 0.3) is 5.91 Å². The molecule has 2 aromatic carbocycles. The number of carbonyl (C=O) groups excluding carboxylic acids is 2. The van der Waals surface area contributed by atoms with Crippen molar-refractivity contribution in [2.75, 3.05) is 52.0 Å². The molecule has 0 aliphatic heterocycles. The lowest BCUT2D eigenvalue weighted by atomic mass is 10.2. The standard InChI is InChI=1S/C24H28FN3O5S.C2H6/c1-4-33-20-9-8-16(14-21(20)32-3)23(29)26-10-11-27-24(30)28(12-13-31-2)19-15-34-22-17(19)6-5-7-18(22)25;1-2/h5-9,14-15H,4,10-13H2,1-3H3,(H,26,29)(H,27,30);1-2H3. The zero-order valence-electron chi connectivity index (χ0n) is 21.4. The Kier molecular flexibility index (Phi) is 11.9. The van der Waals surface area contributed by atoms with Crippen LogP contribution in [0.15, 0.2) is 41.8 Å². The molecule has 0 bridgehead atoms. The Bertz CT molecular complexity index is 1140. The van der Waals surface area contributed by atoms with Gasteiger partial charge in [-0.3, -0.25) is 9.69 Å². The molecule has 2 N–H and O–H groups in total. The van der Waals surface area contributed by atoms with E-state index in [1.165, 1.54) is 29.4 Å². The van der Waals surface area contributed by atoms with Crippen LogP contribution in [0.4, 0.5) is 14.9 Å². The molecule has 0 spiro atoms. The number of rotatable bonds is 11. The summed E-state index contributed by atoms with van der Waals surface area (Å²) in [5.74, 6) is 0.405. The van der Waals surface area contributed by atoms with E-state index >= 15 is 0 Å². The van der Waals surface area contributed by atoms with E-state index in [-0.39, 0.29) is 30.8 Å². The third-order valence-corrected chi connectivity index (χ3v) is 5.99. The molecule has 0 fully saturated rings. The molecule has 196 valence electrons. The van der Waals surface area contributed by atoms with E-state index in [1.54, 1.807) is 42.8 Å². The lowest BCUT2D eigenvalue weighted by Gasteiger charge is -2.22. The van der Waals surface area contributed by atoms with Crippen LogP contribution >= 0.6 is 11.3 Å². The third-order valence-electron chi connectivity index (χ3n) is 5.00. The van der Waals surface area contributed by atoms with E-state index in [4.69, 9.17) is 14.2 Å². The first-order valence-corrected chi connectivity index (χ1v) is 12.7. The zero-order valence-corrected chi connectivity index (χ0v) is 22.2. The molecule has 0 atom stereocenters. The lowest BCUT2D eigenvalue weighted by molar-refractivity contribution is 0.0953. The van der Waals surface area contributed by atoms with Crippen LogP contribution < -0.4 is 25.0 Å². The van der Waals surface area contributed by atoms with Crippen LogP contribution in [-0.2, 0) is 4.74 Å². The molecule has 0 radical (unpaired) electrons. The average Bonchev–Trinajstić information content (AvgIpc) is 3.33. The lowest BCUT2D eigenvalue weighted by Crippen LogP contribution is -2.44. The van der Waals surface area contributed by atoms with Crippen LogP contribution in [0.2, 0.25) is 0 Å². The molecule has 0 aliphatic carbocycles. The number of anilines is 1. The van der Waals surface area contributed by atoms with Crippen LogP contribution in [0.5, 0.6) is 11.5 Å². The van der Waals surface area contributed by atoms with Crippen molar-refractivity contribution < 1.29 is 28.2 Å². The predicted molar refractivity (Wildman–Crippen MR) is 142 cm³/mol. The number of hydrogen-bond acceptors (Lipinski definition) is 6. The summed E-state index contributed by atoms with van der Waals surface area (Å²) in [4.78, 5) is 26.9. The Hall–Kier alpha value is -3.37. The van der Waals surface area contributed by atoms with Crippen LogP contribution in [-0.4, -0.2) is 59.0 Å². The Morgan fingerprint density at radius 3 is 2.50 bits per heavy atom. The minimum absolute atomic E-state index is 0.207. The van der Waals surface area contributed by atoms with Gasteiger partial charge in [0.2, 0.25) is 0 Å². The van der Waals surface area contributed by atoms with Gasteiger partial charge in [-0.1, -0.05) is 26.0 Å². The molecule has 8 nitrogen and oxygen atoms in total. The van der Waals surface area contributed by atoms with Crippen LogP contribution in [0.3, 0.4) is 0 Å². The van der Waals surface area contributed by atoms with Crippen molar-refractivity contribution in [3.8, 4) is 11.5 Å². The summed E-state index contributed by atoms with van der Waals surface area (Å²) >= 11 is 1.24. The number of fused-ring (bicyclic) bond motifs is 1. The Balaban J connectivity index is 0.00000222. The van der Waals surface area contributed by atoms with Crippen molar-refractivity contribution >= 4 is 39.0 Å². The molecule has 0 aliphatic rings.